The normalized spacial score (nSPS) is 16.2. The number of nitrogens with zero attached hydrogens (tertiary/aromatic N) is 2. The zero-order chi connectivity index (χ0) is 27.2. The van der Waals surface area contributed by atoms with Crippen molar-refractivity contribution in [3.8, 4) is 5.75 Å². The number of aliphatic carboxylic acids is 1. The Bertz CT molecular complexity index is 1240. The molecule has 2 aromatic rings. The maximum atomic E-state index is 13.3. The highest BCUT2D eigenvalue weighted by Gasteiger charge is 2.42. The van der Waals surface area contributed by atoms with Crippen LogP contribution in [0.5, 0.6) is 5.75 Å². The standard InChI is InChI=1S/C24H28FN3O8S/c1-3-18(25)15-36-24(32)26-21(23(30)31)12-17-5-4-6-19(11-17)27-14-22(29)28(37(27,33)34)13-16-7-9-20(35-2)10-8-16/h4-11,18,21H,3,12-15H2,1-2H3,(H,26,32)(H,30,31). The number of alkyl halides is 1. The number of benzene rings is 2. The number of anilines is 1. The van der Waals surface area contributed by atoms with E-state index in [1.165, 1.54) is 25.3 Å². The quantitative estimate of drug-likeness (QED) is 0.445. The topological polar surface area (TPSA) is 143 Å². The molecule has 2 amide bonds. The molecule has 0 bridgehead atoms. The number of rotatable bonds is 11. The summed E-state index contributed by atoms with van der Waals surface area (Å²) in [6.45, 7) is 0.492. The van der Waals surface area contributed by atoms with Gasteiger partial charge in [-0.2, -0.15) is 8.42 Å². The van der Waals surface area contributed by atoms with Crippen molar-refractivity contribution in [2.75, 3.05) is 24.6 Å². The van der Waals surface area contributed by atoms with Gasteiger partial charge in [0, 0.05) is 6.42 Å². The van der Waals surface area contributed by atoms with Gasteiger partial charge in [-0.3, -0.25) is 4.79 Å². The molecule has 1 saturated heterocycles. The van der Waals surface area contributed by atoms with Gasteiger partial charge < -0.3 is 19.9 Å². The molecule has 1 fully saturated rings. The average molecular weight is 538 g/mol. The highest BCUT2D eigenvalue weighted by molar-refractivity contribution is 7.91. The van der Waals surface area contributed by atoms with Crippen LogP contribution in [0.25, 0.3) is 0 Å². The smallest absolute Gasteiger partial charge is 0.407 e. The Labute approximate surface area is 213 Å². The highest BCUT2D eigenvalue weighted by Crippen LogP contribution is 2.28. The largest absolute Gasteiger partial charge is 0.497 e. The summed E-state index contributed by atoms with van der Waals surface area (Å²) in [6, 6.07) is 11.2. The molecule has 11 nitrogen and oxygen atoms in total. The number of halogens is 1. The summed E-state index contributed by atoms with van der Waals surface area (Å²) in [4.78, 5) is 36.2. The fourth-order valence-electron chi connectivity index (χ4n) is 3.56. The van der Waals surface area contributed by atoms with E-state index in [0.29, 0.717) is 16.9 Å². The lowest BCUT2D eigenvalue weighted by Gasteiger charge is -2.21. The Morgan fingerprint density at radius 2 is 1.86 bits per heavy atom. The van der Waals surface area contributed by atoms with Crippen molar-refractivity contribution >= 4 is 33.9 Å². The summed E-state index contributed by atoms with van der Waals surface area (Å²) in [6.07, 6.45) is -2.51. The van der Waals surface area contributed by atoms with Crippen molar-refractivity contribution in [3.63, 3.8) is 0 Å². The predicted octanol–water partition coefficient (Wildman–Crippen LogP) is 2.26. The van der Waals surface area contributed by atoms with Gasteiger partial charge in [-0.1, -0.05) is 31.2 Å². The fourth-order valence-corrected chi connectivity index (χ4v) is 5.08. The number of amides is 2. The number of carbonyl (C=O) groups is 3. The zero-order valence-corrected chi connectivity index (χ0v) is 21.1. The first kappa shape index (κ1) is 27.7. The van der Waals surface area contributed by atoms with E-state index in [1.54, 1.807) is 37.3 Å². The number of methoxy groups -OCH3 is 1. The van der Waals surface area contributed by atoms with Crippen LogP contribution in [0.4, 0.5) is 14.9 Å². The molecule has 200 valence electrons. The molecular weight excluding hydrogens is 509 g/mol. The second kappa shape index (κ2) is 11.9. The third kappa shape index (κ3) is 6.88. The summed E-state index contributed by atoms with van der Waals surface area (Å²) in [5, 5.41) is 11.7. The van der Waals surface area contributed by atoms with Crippen LogP contribution in [0.1, 0.15) is 24.5 Å². The van der Waals surface area contributed by atoms with E-state index < -0.39 is 53.5 Å². The van der Waals surface area contributed by atoms with Gasteiger partial charge in [-0.25, -0.2) is 22.6 Å². The van der Waals surface area contributed by atoms with E-state index in [0.717, 1.165) is 8.61 Å². The van der Waals surface area contributed by atoms with Gasteiger partial charge in [0.2, 0.25) is 0 Å². The van der Waals surface area contributed by atoms with Gasteiger partial charge >= 0.3 is 22.3 Å². The van der Waals surface area contributed by atoms with Gasteiger partial charge in [0.15, 0.2) is 0 Å². The molecule has 1 aliphatic heterocycles. The number of hydrogen-bond donors (Lipinski definition) is 2. The molecule has 2 N–H and O–H groups in total. The third-order valence-corrected chi connectivity index (χ3v) is 7.45. The van der Waals surface area contributed by atoms with Crippen molar-refractivity contribution in [2.45, 2.75) is 38.5 Å². The molecule has 37 heavy (non-hydrogen) atoms. The summed E-state index contributed by atoms with van der Waals surface area (Å²) >= 11 is 0. The van der Waals surface area contributed by atoms with E-state index in [2.05, 4.69) is 5.32 Å². The molecule has 0 radical (unpaired) electrons. The number of alkyl carbamates (subject to hydrolysis) is 1. The van der Waals surface area contributed by atoms with E-state index in [4.69, 9.17) is 9.47 Å². The second-order valence-electron chi connectivity index (χ2n) is 8.28. The molecule has 2 atom stereocenters. The number of ether oxygens (including phenoxy) is 2. The first-order chi connectivity index (χ1) is 17.5. The van der Waals surface area contributed by atoms with Crippen molar-refractivity contribution in [2.24, 2.45) is 0 Å². The number of carboxylic acid groups (broad SMARTS) is 1. The molecular formula is C24H28FN3O8S. The third-order valence-electron chi connectivity index (χ3n) is 5.67. The van der Waals surface area contributed by atoms with Crippen LogP contribution in [0.15, 0.2) is 48.5 Å². The lowest BCUT2D eigenvalue weighted by Crippen LogP contribution is -2.43. The molecule has 0 spiro atoms. The van der Waals surface area contributed by atoms with E-state index >= 15 is 0 Å². The lowest BCUT2D eigenvalue weighted by molar-refractivity contribution is -0.139. The Balaban J connectivity index is 1.73. The Morgan fingerprint density at radius 1 is 1.16 bits per heavy atom. The van der Waals surface area contributed by atoms with Gasteiger partial charge in [-0.15, -0.1) is 0 Å². The van der Waals surface area contributed by atoms with Gasteiger partial charge in [0.1, 0.15) is 31.1 Å². The van der Waals surface area contributed by atoms with Gasteiger partial charge in [-0.05, 0) is 41.8 Å². The van der Waals surface area contributed by atoms with E-state index in [-0.39, 0.29) is 25.1 Å². The van der Waals surface area contributed by atoms with Crippen molar-refractivity contribution in [1.82, 2.24) is 9.62 Å². The molecule has 13 heteroatoms. The Hall–Kier alpha value is -3.87. The van der Waals surface area contributed by atoms with Gasteiger partial charge in [0.25, 0.3) is 5.91 Å². The Morgan fingerprint density at radius 3 is 2.49 bits per heavy atom. The zero-order valence-electron chi connectivity index (χ0n) is 20.3. The molecule has 2 aromatic carbocycles. The molecule has 0 aliphatic carbocycles. The Kier molecular flexibility index (Phi) is 8.92. The monoisotopic (exact) mass is 537 g/mol. The maximum Gasteiger partial charge on any atom is 0.407 e. The van der Waals surface area contributed by atoms with Crippen LogP contribution >= 0.6 is 0 Å². The predicted molar refractivity (Wildman–Crippen MR) is 131 cm³/mol. The summed E-state index contributed by atoms with van der Waals surface area (Å²) in [7, 11) is -2.69. The van der Waals surface area contributed by atoms with E-state index in [1.807, 2.05) is 0 Å². The number of carbonyl (C=O) groups excluding carboxylic acids is 2. The second-order valence-corrected chi connectivity index (χ2v) is 10.1. The lowest BCUT2D eigenvalue weighted by atomic mass is 10.1. The first-order valence-electron chi connectivity index (χ1n) is 11.4. The molecule has 1 aliphatic rings. The molecule has 0 saturated carbocycles. The van der Waals surface area contributed by atoms with Crippen molar-refractivity contribution < 1.29 is 41.8 Å². The maximum absolute atomic E-state index is 13.3. The SMILES string of the molecule is CCC(F)COC(=O)NC(Cc1cccc(N2CC(=O)N(Cc3ccc(OC)cc3)S2(=O)=O)c1)C(=O)O. The van der Waals surface area contributed by atoms with Crippen molar-refractivity contribution in [3.05, 3.63) is 59.7 Å². The van der Waals surface area contributed by atoms with Crippen LogP contribution in [-0.4, -0.2) is 68.3 Å². The minimum atomic E-state index is -4.20. The first-order valence-corrected chi connectivity index (χ1v) is 12.8. The molecule has 3 rings (SSSR count). The molecule has 0 aromatic heterocycles. The number of nitrogens with one attached hydrogen (secondary N) is 1. The minimum absolute atomic E-state index is 0.141. The summed E-state index contributed by atoms with van der Waals surface area (Å²) < 4.78 is 51.1. The van der Waals surface area contributed by atoms with Crippen LogP contribution in [-0.2, 0) is 37.5 Å². The van der Waals surface area contributed by atoms with E-state index in [9.17, 15) is 32.3 Å². The minimum Gasteiger partial charge on any atom is -0.497 e. The van der Waals surface area contributed by atoms with Crippen molar-refractivity contribution in [1.29, 1.82) is 0 Å². The van der Waals surface area contributed by atoms with Crippen LogP contribution in [0.3, 0.4) is 0 Å². The van der Waals surface area contributed by atoms with Crippen LogP contribution in [0.2, 0.25) is 0 Å². The highest BCUT2D eigenvalue weighted by atomic mass is 32.2. The van der Waals surface area contributed by atoms with Crippen LogP contribution < -0.4 is 14.4 Å². The van der Waals surface area contributed by atoms with Crippen LogP contribution in [0, 0.1) is 0 Å². The number of hydrogen-bond acceptors (Lipinski definition) is 7. The average Bonchev–Trinajstić information content (AvgIpc) is 3.10. The molecule has 2 unspecified atom stereocenters. The fraction of sp³-hybridized carbons (Fsp3) is 0.375. The van der Waals surface area contributed by atoms with Gasteiger partial charge in [0.05, 0.1) is 19.3 Å². The summed E-state index contributed by atoms with van der Waals surface area (Å²) in [5.41, 5.74) is 1.14. The molecule has 1 heterocycles. The summed E-state index contributed by atoms with van der Waals surface area (Å²) in [5.74, 6) is -1.38. The number of carboxylic acids is 1.